The van der Waals surface area contributed by atoms with Gasteiger partial charge in [-0.05, 0) is 67.0 Å². The molecule has 6 rings (SSSR count). The van der Waals surface area contributed by atoms with E-state index >= 15 is 4.39 Å². The summed E-state index contributed by atoms with van der Waals surface area (Å²) in [6.45, 7) is 3.53. The maximum absolute atomic E-state index is 15.4. The third-order valence-corrected chi connectivity index (χ3v) is 9.27. The summed E-state index contributed by atoms with van der Waals surface area (Å²) in [4.78, 5) is 16.3. The van der Waals surface area contributed by atoms with E-state index in [1.807, 2.05) is 25.1 Å². The Morgan fingerprint density at radius 1 is 1.05 bits per heavy atom. The summed E-state index contributed by atoms with van der Waals surface area (Å²) in [5.74, 6) is -0.302. The molecule has 7 nitrogen and oxygen atoms in total. The Bertz CT molecular complexity index is 1920. The van der Waals surface area contributed by atoms with E-state index in [-0.39, 0.29) is 17.1 Å². The van der Waals surface area contributed by atoms with E-state index in [0.29, 0.717) is 28.0 Å². The standard InChI is InChI=1S/C32H29FN4O3S2/c1-19-6-10-22(11-7-19)23-4-3-5-25(15-23)31-27(16-24-12-13-26(17-28(24)33)42(34,39)40)30(14-21-8-9-21)37(36-31)32-35-29(18-41-32)20(2)38/h3-7,10-13,15,17-18,21H,8-9,14,16H2,1-2H3,(H2,34,39,40). The minimum absolute atomic E-state index is 0.128. The summed E-state index contributed by atoms with van der Waals surface area (Å²) in [5.41, 5.74) is 7.26. The number of sulfonamides is 1. The van der Waals surface area contributed by atoms with Crippen molar-refractivity contribution in [2.75, 3.05) is 0 Å². The molecular weight excluding hydrogens is 572 g/mol. The molecule has 0 unspecified atom stereocenters. The molecule has 5 aromatic rings. The van der Waals surface area contributed by atoms with E-state index in [0.717, 1.165) is 53.3 Å². The summed E-state index contributed by atoms with van der Waals surface area (Å²) in [6.07, 6.45) is 3.10. The number of hydrogen-bond acceptors (Lipinski definition) is 6. The van der Waals surface area contributed by atoms with Gasteiger partial charge in [0.1, 0.15) is 11.5 Å². The first-order chi connectivity index (χ1) is 20.1. The smallest absolute Gasteiger partial charge is 0.238 e. The highest BCUT2D eigenvalue weighted by atomic mass is 32.2. The topological polar surface area (TPSA) is 108 Å². The van der Waals surface area contributed by atoms with E-state index in [2.05, 4.69) is 35.3 Å². The molecule has 42 heavy (non-hydrogen) atoms. The predicted octanol–water partition coefficient (Wildman–Crippen LogP) is 6.50. The molecule has 214 valence electrons. The minimum atomic E-state index is -4.04. The number of carbonyl (C=O) groups excluding carboxylic acids is 1. The van der Waals surface area contributed by atoms with Crippen molar-refractivity contribution in [3.63, 3.8) is 0 Å². The van der Waals surface area contributed by atoms with Crippen LogP contribution in [0.15, 0.2) is 77.0 Å². The van der Waals surface area contributed by atoms with Crippen LogP contribution in [0.1, 0.15) is 52.6 Å². The first-order valence-corrected chi connectivity index (χ1v) is 16.1. The van der Waals surface area contributed by atoms with Gasteiger partial charge in [-0.3, -0.25) is 4.79 Å². The highest BCUT2D eigenvalue weighted by Gasteiger charge is 2.29. The van der Waals surface area contributed by atoms with E-state index in [9.17, 15) is 13.2 Å². The Morgan fingerprint density at radius 3 is 2.43 bits per heavy atom. The molecule has 0 aliphatic heterocycles. The maximum Gasteiger partial charge on any atom is 0.238 e. The largest absolute Gasteiger partial charge is 0.293 e. The van der Waals surface area contributed by atoms with Crippen molar-refractivity contribution in [3.05, 3.63) is 106 Å². The molecule has 2 heterocycles. The zero-order valence-corrected chi connectivity index (χ0v) is 24.8. The lowest BCUT2D eigenvalue weighted by atomic mass is 9.95. The summed E-state index contributed by atoms with van der Waals surface area (Å²) < 4.78 is 40.8. The molecule has 10 heteroatoms. The molecule has 1 saturated carbocycles. The van der Waals surface area contributed by atoms with Crippen LogP contribution >= 0.6 is 11.3 Å². The summed E-state index contributed by atoms with van der Waals surface area (Å²) >= 11 is 1.34. The number of hydrogen-bond donors (Lipinski definition) is 1. The maximum atomic E-state index is 15.4. The highest BCUT2D eigenvalue weighted by molar-refractivity contribution is 7.89. The van der Waals surface area contributed by atoms with Gasteiger partial charge in [-0.1, -0.05) is 54.1 Å². The Morgan fingerprint density at radius 2 is 1.79 bits per heavy atom. The van der Waals surface area contributed by atoms with E-state index in [4.69, 9.17) is 10.2 Å². The van der Waals surface area contributed by atoms with Crippen molar-refractivity contribution >= 4 is 27.1 Å². The normalized spacial score (nSPS) is 13.4. The molecule has 2 N–H and O–H groups in total. The molecule has 0 saturated heterocycles. The number of carbonyl (C=O) groups is 1. The van der Waals surface area contributed by atoms with Crippen molar-refractivity contribution in [1.29, 1.82) is 0 Å². The Hall–Kier alpha value is -3.99. The Kier molecular flexibility index (Phi) is 7.38. The zero-order chi connectivity index (χ0) is 29.6. The summed E-state index contributed by atoms with van der Waals surface area (Å²) in [7, 11) is -4.04. The number of rotatable bonds is 9. The van der Waals surface area contributed by atoms with Crippen molar-refractivity contribution in [1.82, 2.24) is 14.8 Å². The second-order valence-corrected chi connectivity index (χ2v) is 13.2. The van der Waals surface area contributed by atoms with E-state index < -0.39 is 15.8 Å². The minimum Gasteiger partial charge on any atom is -0.293 e. The van der Waals surface area contributed by atoms with Crippen molar-refractivity contribution in [2.45, 2.75) is 44.4 Å². The third kappa shape index (κ3) is 5.83. The highest BCUT2D eigenvalue weighted by Crippen LogP contribution is 2.39. The fraction of sp³-hybridized carbons (Fsp3) is 0.219. The molecule has 1 aliphatic carbocycles. The van der Waals surface area contributed by atoms with Crippen LogP contribution in [0.4, 0.5) is 4.39 Å². The van der Waals surface area contributed by atoms with Crippen molar-refractivity contribution in [2.24, 2.45) is 11.1 Å². The zero-order valence-electron chi connectivity index (χ0n) is 23.2. The van der Waals surface area contributed by atoms with Gasteiger partial charge in [0.15, 0.2) is 5.78 Å². The number of halogens is 1. The lowest BCUT2D eigenvalue weighted by molar-refractivity contribution is 0.101. The van der Waals surface area contributed by atoms with Gasteiger partial charge in [0.05, 0.1) is 16.3 Å². The third-order valence-electron chi connectivity index (χ3n) is 7.54. The van der Waals surface area contributed by atoms with Crippen LogP contribution in [0.3, 0.4) is 0 Å². The number of thiazole rings is 1. The van der Waals surface area contributed by atoms with Gasteiger partial charge < -0.3 is 0 Å². The SMILES string of the molecule is CC(=O)c1csc(-n2nc(-c3cccc(-c4ccc(C)cc4)c3)c(Cc3ccc(S(N)(=O)=O)cc3F)c2CC2CC2)n1. The lowest BCUT2D eigenvalue weighted by Gasteiger charge is -2.11. The first-order valence-electron chi connectivity index (χ1n) is 13.6. The van der Waals surface area contributed by atoms with Gasteiger partial charge >= 0.3 is 0 Å². The molecule has 3 aromatic carbocycles. The Balaban J connectivity index is 1.53. The van der Waals surface area contributed by atoms with Crippen LogP contribution in [-0.2, 0) is 22.9 Å². The number of aryl methyl sites for hydroxylation is 1. The van der Waals surface area contributed by atoms with Crippen molar-refractivity contribution < 1.29 is 17.6 Å². The van der Waals surface area contributed by atoms with Crippen LogP contribution in [0.5, 0.6) is 0 Å². The molecule has 0 atom stereocenters. The van der Waals surface area contributed by atoms with Crippen LogP contribution in [-0.4, -0.2) is 29.0 Å². The van der Waals surface area contributed by atoms with Crippen molar-refractivity contribution in [3.8, 4) is 27.5 Å². The molecular formula is C32H29FN4O3S2. The first kappa shape index (κ1) is 28.1. The van der Waals surface area contributed by atoms with Crippen LogP contribution < -0.4 is 5.14 Å². The molecule has 1 fully saturated rings. The molecule has 0 spiro atoms. The quantitative estimate of drug-likeness (QED) is 0.194. The van der Waals surface area contributed by atoms with Gasteiger partial charge in [0.2, 0.25) is 15.2 Å². The summed E-state index contributed by atoms with van der Waals surface area (Å²) in [6, 6.07) is 20.1. The van der Waals surface area contributed by atoms with Gasteiger partial charge in [-0.15, -0.1) is 11.3 Å². The monoisotopic (exact) mass is 600 g/mol. The lowest BCUT2D eigenvalue weighted by Crippen LogP contribution is -2.12. The molecule has 0 bridgehead atoms. The van der Waals surface area contributed by atoms with Crippen LogP contribution in [0.25, 0.3) is 27.5 Å². The second kappa shape index (κ2) is 11.0. The van der Waals surface area contributed by atoms with E-state index in [1.165, 1.54) is 36.0 Å². The fourth-order valence-corrected chi connectivity index (χ4v) is 6.38. The van der Waals surface area contributed by atoms with Gasteiger partial charge in [0, 0.05) is 29.9 Å². The number of benzene rings is 3. The molecule has 0 radical (unpaired) electrons. The van der Waals surface area contributed by atoms with Crippen LogP contribution in [0, 0.1) is 18.7 Å². The number of nitrogens with two attached hydrogens (primary N) is 1. The Labute approximate surface area is 247 Å². The number of primary sulfonamides is 1. The number of Topliss-reactive ketones (excluding diaryl/α,β-unsaturated/α-hetero) is 1. The fourth-order valence-electron chi connectivity index (χ4n) is 5.02. The molecule has 0 amide bonds. The van der Waals surface area contributed by atoms with Crippen LogP contribution in [0.2, 0.25) is 0 Å². The average molecular weight is 601 g/mol. The van der Waals surface area contributed by atoms with Gasteiger partial charge in [-0.25, -0.2) is 27.6 Å². The summed E-state index contributed by atoms with van der Waals surface area (Å²) in [5, 5.41) is 12.6. The number of aromatic nitrogens is 3. The average Bonchev–Trinajstić information content (AvgIpc) is 3.51. The molecule has 2 aromatic heterocycles. The van der Waals surface area contributed by atoms with Gasteiger partial charge in [-0.2, -0.15) is 5.10 Å². The van der Waals surface area contributed by atoms with Gasteiger partial charge in [0.25, 0.3) is 0 Å². The van der Waals surface area contributed by atoms with E-state index in [1.54, 1.807) is 10.1 Å². The second-order valence-electron chi connectivity index (χ2n) is 10.8. The predicted molar refractivity (Wildman–Crippen MR) is 162 cm³/mol. The molecule has 1 aliphatic rings. The number of ketones is 1. The number of nitrogens with zero attached hydrogens (tertiary/aromatic N) is 3.